The summed E-state index contributed by atoms with van der Waals surface area (Å²) < 4.78 is 5.75. The first-order valence-corrected chi connectivity index (χ1v) is 6.07. The molecule has 1 atom stereocenters. The lowest BCUT2D eigenvalue weighted by Gasteiger charge is -2.24. The number of aromatic nitrogens is 1. The maximum Gasteiger partial charge on any atom is 0.171 e. The number of nitrogens with two attached hydrogens (primary N) is 1. The van der Waals surface area contributed by atoms with Gasteiger partial charge in [-0.25, -0.2) is 4.98 Å². The van der Waals surface area contributed by atoms with Gasteiger partial charge < -0.3 is 15.4 Å². The van der Waals surface area contributed by atoms with Crippen LogP contribution in [0.3, 0.4) is 0 Å². The van der Waals surface area contributed by atoms with Crippen LogP contribution in [-0.4, -0.2) is 31.2 Å². The third kappa shape index (κ3) is 4.23. The topological polar surface area (TPSA) is 51.4 Å². The molecule has 0 aromatic carbocycles. The van der Waals surface area contributed by atoms with E-state index in [2.05, 4.69) is 16.8 Å². The average molecular weight is 237 g/mol. The molecule has 0 aliphatic carbocycles. The summed E-state index contributed by atoms with van der Waals surface area (Å²) in [5, 5.41) is 0. The van der Waals surface area contributed by atoms with Gasteiger partial charge >= 0.3 is 0 Å². The highest BCUT2D eigenvalue weighted by atomic mass is 16.5. The molecule has 0 amide bonds. The normalized spacial score (nSPS) is 12.6. The molecule has 1 aromatic heterocycles. The highest BCUT2D eigenvalue weighted by Crippen LogP contribution is 2.25. The molecule has 2 N–H and O–H groups in total. The first kappa shape index (κ1) is 13.8. The van der Waals surface area contributed by atoms with Gasteiger partial charge in [-0.15, -0.1) is 0 Å². The van der Waals surface area contributed by atoms with Gasteiger partial charge in [-0.3, -0.25) is 0 Å². The largest absolute Gasteiger partial charge is 0.487 e. The van der Waals surface area contributed by atoms with Crippen LogP contribution in [0.25, 0.3) is 0 Å². The lowest BCUT2D eigenvalue weighted by Crippen LogP contribution is -2.29. The SMILES string of the molecule is CC(CN)CN(C)c1ncccc1OC(C)C. The van der Waals surface area contributed by atoms with Crippen LogP contribution in [0.15, 0.2) is 18.3 Å². The molecule has 1 unspecified atom stereocenters. The third-order valence-electron chi connectivity index (χ3n) is 2.46. The van der Waals surface area contributed by atoms with E-state index in [4.69, 9.17) is 10.5 Å². The zero-order chi connectivity index (χ0) is 12.8. The van der Waals surface area contributed by atoms with Crippen LogP contribution in [0.2, 0.25) is 0 Å². The number of rotatable bonds is 6. The second-order valence-electron chi connectivity index (χ2n) is 4.71. The molecular weight excluding hydrogens is 214 g/mol. The maximum absolute atomic E-state index is 5.75. The zero-order valence-electron chi connectivity index (χ0n) is 11.2. The van der Waals surface area contributed by atoms with E-state index in [1.165, 1.54) is 0 Å². The summed E-state index contributed by atoms with van der Waals surface area (Å²) in [5.74, 6) is 2.14. The summed E-state index contributed by atoms with van der Waals surface area (Å²) in [4.78, 5) is 6.47. The van der Waals surface area contributed by atoms with Crippen molar-refractivity contribution < 1.29 is 4.74 Å². The van der Waals surface area contributed by atoms with Crippen molar-refractivity contribution in [3.05, 3.63) is 18.3 Å². The molecule has 0 aliphatic rings. The van der Waals surface area contributed by atoms with Gasteiger partial charge in [0.2, 0.25) is 0 Å². The summed E-state index contributed by atoms with van der Waals surface area (Å²) in [6.07, 6.45) is 1.94. The van der Waals surface area contributed by atoms with Crippen LogP contribution in [0.5, 0.6) is 5.75 Å². The molecule has 17 heavy (non-hydrogen) atoms. The van der Waals surface area contributed by atoms with E-state index in [9.17, 15) is 0 Å². The lowest BCUT2D eigenvalue weighted by atomic mass is 10.2. The number of hydrogen-bond donors (Lipinski definition) is 1. The Morgan fingerprint density at radius 2 is 2.12 bits per heavy atom. The fraction of sp³-hybridized carbons (Fsp3) is 0.615. The van der Waals surface area contributed by atoms with Gasteiger partial charge in [-0.05, 0) is 38.4 Å². The number of pyridine rings is 1. The fourth-order valence-electron chi connectivity index (χ4n) is 1.64. The van der Waals surface area contributed by atoms with E-state index >= 15 is 0 Å². The molecule has 0 spiro atoms. The van der Waals surface area contributed by atoms with Crippen molar-refractivity contribution in [1.29, 1.82) is 0 Å². The van der Waals surface area contributed by atoms with Crippen molar-refractivity contribution >= 4 is 5.82 Å². The average Bonchev–Trinajstić information content (AvgIpc) is 2.28. The van der Waals surface area contributed by atoms with E-state index in [1.807, 2.05) is 33.0 Å². The molecule has 0 bridgehead atoms. The molecule has 0 radical (unpaired) electrons. The van der Waals surface area contributed by atoms with E-state index in [0.717, 1.165) is 18.1 Å². The number of ether oxygens (including phenoxy) is 1. The molecular formula is C13H23N3O. The minimum absolute atomic E-state index is 0.151. The molecule has 1 heterocycles. The van der Waals surface area contributed by atoms with Gasteiger partial charge in [0.1, 0.15) is 0 Å². The molecule has 4 nitrogen and oxygen atoms in total. The molecule has 96 valence electrons. The number of anilines is 1. The summed E-state index contributed by atoms with van der Waals surface area (Å²) in [7, 11) is 2.02. The summed E-state index contributed by atoms with van der Waals surface area (Å²) in [5.41, 5.74) is 5.64. The second-order valence-corrected chi connectivity index (χ2v) is 4.71. The lowest BCUT2D eigenvalue weighted by molar-refractivity contribution is 0.242. The van der Waals surface area contributed by atoms with Crippen molar-refractivity contribution in [2.45, 2.75) is 26.9 Å². The van der Waals surface area contributed by atoms with Gasteiger partial charge in [-0.2, -0.15) is 0 Å². The molecule has 0 aliphatic heterocycles. The minimum atomic E-state index is 0.151. The smallest absolute Gasteiger partial charge is 0.171 e. The van der Waals surface area contributed by atoms with Crippen LogP contribution in [-0.2, 0) is 0 Å². The van der Waals surface area contributed by atoms with Crippen molar-refractivity contribution in [3.63, 3.8) is 0 Å². The summed E-state index contributed by atoms with van der Waals surface area (Å²) >= 11 is 0. The van der Waals surface area contributed by atoms with Gasteiger partial charge in [-0.1, -0.05) is 6.92 Å². The Morgan fingerprint density at radius 1 is 1.41 bits per heavy atom. The van der Waals surface area contributed by atoms with Crippen LogP contribution >= 0.6 is 0 Å². The first-order chi connectivity index (χ1) is 8.04. The summed E-state index contributed by atoms with van der Waals surface area (Å²) in [6, 6.07) is 3.84. The Hall–Kier alpha value is -1.29. The minimum Gasteiger partial charge on any atom is -0.487 e. The fourth-order valence-corrected chi connectivity index (χ4v) is 1.64. The van der Waals surface area contributed by atoms with Crippen molar-refractivity contribution in [1.82, 2.24) is 4.98 Å². The maximum atomic E-state index is 5.75. The van der Waals surface area contributed by atoms with E-state index < -0.39 is 0 Å². The van der Waals surface area contributed by atoms with Gasteiger partial charge in [0.15, 0.2) is 11.6 Å². The molecule has 0 saturated heterocycles. The molecule has 0 fully saturated rings. The van der Waals surface area contributed by atoms with Crippen molar-refractivity contribution in [3.8, 4) is 5.75 Å². The van der Waals surface area contributed by atoms with Gasteiger partial charge in [0.25, 0.3) is 0 Å². The zero-order valence-corrected chi connectivity index (χ0v) is 11.2. The first-order valence-electron chi connectivity index (χ1n) is 6.07. The quantitative estimate of drug-likeness (QED) is 0.821. The van der Waals surface area contributed by atoms with E-state index in [-0.39, 0.29) is 6.10 Å². The standard InChI is InChI=1S/C13H23N3O/c1-10(2)17-12-6-5-7-15-13(12)16(4)9-11(3)8-14/h5-7,10-11H,8-9,14H2,1-4H3. The predicted octanol–water partition coefficient (Wildman–Crippen LogP) is 1.90. The molecule has 1 aromatic rings. The Kier molecular flexibility index (Phi) is 5.22. The van der Waals surface area contributed by atoms with E-state index in [0.29, 0.717) is 12.5 Å². The van der Waals surface area contributed by atoms with Crippen LogP contribution in [0.1, 0.15) is 20.8 Å². The second kappa shape index (κ2) is 6.45. The van der Waals surface area contributed by atoms with Crippen LogP contribution in [0, 0.1) is 5.92 Å². The van der Waals surface area contributed by atoms with Crippen LogP contribution < -0.4 is 15.4 Å². The molecule has 1 rings (SSSR count). The van der Waals surface area contributed by atoms with Crippen LogP contribution in [0.4, 0.5) is 5.82 Å². The number of hydrogen-bond acceptors (Lipinski definition) is 4. The van der Waals surface area contributed by atoms with Crippen molar-refractivity contribution in [2.75, 3.05) is 25.0 Å². The van der Waals surface area contributed by atoms with Gasteiger partial charge in [0, 0.05) is 19.8 Å². The Morgan fingerprint density at radius 3 is 2.71 bits per heavy atom. The monoisotopic (exact) mass is 237 g/mol. The van der Waals surface area contributed by atoms with E-state index in [1.54, 1.807) is 6.20 Å². The molecule has 4 heteroatoms. The summed E-state index contributed by atoms with van der Waals surface area (Å²) in [6.45, 7) is 7.71. The predicted molar refractivity (Wildman–Crippen MR) is 71.5 cm³/mol. The Labute approximate surface area is 104 Å². The highest BCUT2D eigenvalue weighted by Gasteiger charge is 2.12. The van der Waals surface area contributed by atoms with Gasteiger partial charge in [0.05, 0.1) is 6.10 Å². The Bertz CT molecular complexity index is 341. The van der Waals surface area contributed by atoms with Crippen molar-refractivity contribution in [2.24, 2.45) is 11.7 Å². The highest BCUT2D eigenvalue weighted by molar-refractivity contribution is 5.51. The molecule has 0 saturated carbocycles. The Balaban J connectivity index is 2.81. The number of nitrogens with zero attached hydrogens (tertiary/aromatic N) is 2. The third-order valence-corrected chi connectivity index (χ3v) is 2.46.